The van der Waals surface area contributed by atoms with Gasteiger partial charge in [0.15, 0.2) is 0 Å². The van der Waals surface area contributed by atoms with Crippen molar-refractivity contribution in [2.24, 2.45) is 0 Å². The fourth-order valence-electron chi connectivity index (χ4n) is 3.70. The molecule has 5 aromatic rings. The lowest BCUT2D eigenvalue weighted by Gasteiger charge is -2.09. The highest BCUT2D eigenvalue weighted by atomic mass is 16.5. The van der Waals surface area contributed by atoms with Gasteiger partial charge in [0.05, 0.1) is 6.10 Å². The van der Waals surface area contributed by atoms with E-state index in [-0.39, 0.29) is 0 Å². The largest absolute Gasteiger partial charge is 0.489 e. The topological polar surface area (TPSA) is 29.5 Å². The van der Waals surface area contributed by atoms with Gasteiger partial charge in [-0.2, -0.15) is 0 Å². The number of benzene rings is 5. The van der Waals surface area contributed by atoms with Crippen molar-refractivity contribution in [3.63, 3.8) is 0 Å². The van der Waals surface area contributed by atoms with Gasteiger partial charge in [-0.05, 0) is 52.4 Å². The number of rotatable bonds is 6. The third kappa shape index (κ3) is 7.17. The van der Waals surface area contributed by atoms with Gasteiger partial charge in [-0.15, -0.1) is 0 Å². The highest BCUT2D eigenvalue weighted by molar-refractivity contribution is 5.64. The molecular weight excluding hydrogens is 428 g/mol. The number of ether oxygens (including phenoxy) is 1. The summed E-state index contributed by atoms with van der Waals surface area (Å²) < 4.78 is 5.80. The predicted octanol–water partition coefficient (Wildman–Crippen LogP) is 8.34. The van der Waals surface area contributed by atoms with E-state index in [2.05, 4.69) is 72.8 Å². The third-order valence-electron chi connectivity index (χ3n) is 5.71. The molecule has 5 rings (SSSR count). The summed E-state index contributed by atoms with van der Waals surface area (Å²) in [6, 6.07) is 47.0. The maximum absolute atomic E-state index is 9.56. The monoisotopic (exact) mass is 458 g/mol. The van der Waals surface area contributed by atoms with Crippen molar-refractivity contribution in [2.75, 3.05) is 0 Å². The summed E-state index contributed by atoms with van der Waals surface area (Å²) in [7, 11) is 0. The van der Waals surface area contributed by atoms with Crippen LogP contribution in [0.1, 0.15) is 24.2 Å². The van der Waals surface area contributed by atoms with Gasteiger partial charge in [-0.1, -0.05) is 127 Å². The molecule has 2 heteroatoms. The first-order valence-corrected chi connectivity index (χ1v) is 11.8. The number of aliphatic hydroxyl groups excluding tert-OH is 1. The first kappa shape index (κ1) is 24.0. The van der Waals surface area contributed by atoms with Crippen LogP contribution in [0, 0.1) is 0 Å². The highest BCUT2D eigenvalue weighted by Gasteiger charge is 2.03. The summed E-state index contributed by atoms with van der Waals surface area (Å²) in [6.45, 7) is 2.34. The number of hydrogen-bond donors (Lipinski definition) is 1. The summed E-state index contributed by atoms with van der Waals surface area (Å²) in [5, 5.41) is 9.56. The lowest BCUT2D eigenvalue weighted by molar-refractivity contribution is 0.199. The molecule has 0 radical (unpaired) electrons. The summed E-state index contributed by atoms with van der Waals surface area (Å²) in [6.07, 6.45) is -0.433. The van der Waals surface area contributed by atoms with Crippen molar-refractivity contribution in [3.05, 3.63) is 151 Å². The van der Waals surface area contributed by atoms with E-state index in [1.165, 1.54) is 11.1 Å². The van der Waals surface area contributed by atoms with Crippen LogP contribution in [0.25, 0.3) is 22.3 Å². The van der Waals surface area contributed by atoms with Crippen LogP contribution in [0.4, 0.5) is 0 Å². The average molecular weight is 459 g/mol. The maximum Gasteiger partial charge on any atom is 0.119 e. The van der Waals surface area contributed by atoms with Crippen molar-refractivity contribution in [1.82, 2.24) is 0 Å². The SMILES string of the molecule is CC(O)c1ccc(-c2ccc(OCc3ccccc3)cc2)cc1.c1ccc(-c2ccccc2)cc1. The summed E-state index contributed by atoms with van der Waals surface area (Å²) in [4.78, 5) is 0. The molecule has 0 aliphatic heterocycles. The normalized spacial score (nSPS) is 11.1. The molecule has 5 aromatic carbocycles. The van der Waals surface area contributed by atoms with Crippen LogP contribution in [0.15, 0.2) is 140 Å². The zero-order chi connectivity index (χ0) is 24.3. The quantitative estimate of drug-likeness (QED) is 0.277. The van der Waals surface area contributed by atoms with Gasteiger partial charge >= 0.3 is 0 Å². The molecule has 174 valence electrons. The Hall–Kier alpha value is -4.14. The van der Waals surface area contributed by atoms with Gasteiger partial charge in [-0.3, -0.25) is 0 Å². The van der Waals surface area contributed by atoms with Crippen LogP contribution in [-0.4, -0.2) is 5.11 Å². The maximum atomic E-state index is 9.56. The van der Waals surface area contributed by atoms with Gasteiger partial charge in [0.1, 0.15) is 12.4 Å². The Morgan fingerprint density at radius 3 is 1.37 bits per heavy atom. The second kappa shape index (κ2) is 12.4. The van der Waals surface area contributed by atoms with Crippen LogP contribution in [0.2, 0.25) is 0 Å². The van der Waals surface area contributed by atoms with Gasteiger partial charge in [-0.25, -0.2) is 0 Å². The minimum atomic E-state index is -0.433. The molecule has 1 atom stereocenters. The molecule has 0 amide bonds. The van der Waals surface area contributed by atoms with Crippen LogP contribution in [-0.2, 0) is 6.61 Å². The number of aliphatic hydroxyl groups is 1. The summed E-state index contributed by atoms with van der Waals surface area (Å²) >= 11 is 0. The van der Waals surface area contributed by atoms with Gasteiger partial charge in [0.25, 0.3) is 0 Å². The van der Waals surface area contributed by atoms with Crippen molar-refractivity contribution in [3.8, 4) is 28.0 Å². The van der Waals surface area contributed by atoms with Crippen LogP contribution >= 0.6 is 0 Å². The molecule has 0 fully saturated rings. The van der Waals surface area contributed by atoms with Crippen molar-refractivity contribution >= 4 is 0 Å². The van der Waals surface area contributed by atoms with Crippen molar-refractivity contribution in [2.45, 2.75) is 19.6 Å². The standard InChI is InChI=1S/C21H20O2.C12H10/c1-16(22)18-7-9-19(10-8-18)20-11-13-21(14-12-20)23-15-17-5-3-2-4-6-17;1-3-7-11(8-4-1)12-9-5-2-6-10-12/h2-14,16,22H,15H2,1H3;1-10H. The first-order valence-electron chi connectivity index (χ1n) is 11.8. The average Bonchev–Trinajstić information content (AvgIpc) is 2.94. The molecule has 0 aromatic heterocycles. The minimum absolute atomic E-state index is 0.433. The van der Waals surface area contributed by atoms with E-state index in [4.69, 9.17) is 4.74 Å². The molecule has 1 unspecified atom stereocenters. The fourth-order valence-corrected chi connectivity index (χ4v) is 3.70. The second-order valence-corrected chi connectivity index (χ2v) is 8.33. The van der Waals surface area contributed by atoms with Crippen LogP contribution in [0.5, 0.6) is 5.75 Å². The van der Waals surface area contributed by atoms with Gasteiger partial charge in [0, 0.05) is 0 Å². The van der Waals surface area contributed by atoms with E-state index in [0.717, 1.165) is 28.0 Å². The Morgan fingerprint density at radius 2 is 0.914 bits per heavy atom. The smallest absolute Gasteiger partial charge is 0.119 e. The molecule has 0 saturated carbocycles. The van der Waals surface area contributed by atoms with Crippen molar-refractivity contribution in [1.29, 1.82) is 0 Å². The molecule has 0 spiro atoms. The third-order valence-corrected chi connectivity index (χ3v) is 5.71. The molecule has 2 nitrogen and oxygen atoms in total. The van der Waals surface area contributed by atoms with E-state index in [9.17, 15) is 5.11 Å². The molecule has 35 heavy (non-hydrogen) atoms. The summed E-state index contributed by atoms with van der Waals surface area (Å²) in [5.41, 5.74) is 6.90. The Kier molecular flexibility index (Phi) is 8.47. The molecule has 0 bridgehead atoms. The van der Waals surface area contributed by atoms with Gasteiger partial charge < -0.3 is 9.84 Å². The lowest BCUT2D eigenvalue weighted by Crippen LogP contribution is -1.94. The first-order chi connectivity index (χ1) is 17.2. The molecule has 0 aliphatic carbocycles. The number of hydrogen-bond acceptors (Lipinski definition) is 2. The minimum Gasteiger partial charge on any atom is -0.489 e. The second-order valence-electron chi connectivity index (χ2n) is 8.33. The van der Waals surface area contributed by atoms with Crippen molar-refractivity contribution < 1.29 is 9.84 Å². The van der Waals surface area contributed by atoms with Crippen LogP contribution in [0.3, 0.4) is 0 Å². The van der Waals surface area contributed by atoms with E-state index in [1.54, 1.807) is 6.92 Å². The fraction of sp³-hybridized carbons (Fsp3) is 0.0909. The Morgan fingerprint density at radius 1 is 0.514 bits per heavy atom. The zero-order valence-electron chi connectivity index (χ0n) is 19.9. The Bertz CT molecular complexity index is 1220. The van der Waals surface area contributed by atoms with Crippen LogP contribution < -0.4 is 4.74 Å². The summed E-state index contributed by atoms with van der Waals surface area (Å²) in [5.74, 6) is 0.859. The zero-order valence-corrected chi connectivity index (χ0v) is 19.9. The highest BCUT2D eigenvalue weighted by Crippen LogP contribution is 2.24. The molecular formula is C33H30O2. The molecule has 0 aliphatic rings. The predicted molar refractivity (Wildman–Crippen MR) is 145 cm³/mol. The van der Waals surface area contributed by atoms with E-state index >= 15 is 0 Å². The van der Waals surface area contributed by atoms with E-state index < -0.39 is 6.10 Å². The molecule has 1 N–H and O–H groups in total. The van der Waals surface area contributed by atoms with E-state index in [1.807, 2.05) is 66.7 Å². The Balaban J connectivity index is 0.000000201. The van der Waals surface area contributed by atoms with E-state index in [0.29, 0.717) is 6.61 Å². The molecule has 0 saturated heterocycles. The molecule has 0 heterocycles. The Labute approximate surface area is 208 Å². The van der Waals surface area contributed by atoms with Gasteiger partial charge in [0.2, 0.25) is 0 Å². The lowest BCUT2D eigenvalue weighted by atomic mass is 10.0.